The number of imidazole rings is 1. The number of methoxy groups -OCH3 is 1. The third kappa shape index (κ3) is 1.63. The number of hydrogen-bond donors (Lipinski definition) is 3. The summed E-state index contributed by atoms with van der Waals surface area (Å²) in [4.78, 5) is 26.0. The lowest BCUT2D eigenvalue weighted by molar-refractivity contribution is 0.417. The maximum atomic E-state index is 11.6. The second kappa shape index (κ2) is 3.84. The summed E-state index contributed by atoms with van der Waals surface area (Å²) in [7, 11) is 1.59. The van der Waals surface area contributed by atoms with E-state index < -0.39 is 0 Å². The molecule has 18 heavy (non-hydrogen) atoms. The van der Waals surface area contributed by atoms with Crippen molar-refractivity contribution in [2.24, 2.45) is 0 Å². The number of thiophene rings is 1. The Bertz CT molecular complexity index is 772. The van der Waals surface area contributed by atoms with Crippen LogP contribution in [0.15, 0.2) is 16.2 Å². The molecule has 0 spiro atoms. The molecular weight excluding hydrogens is 254 g/mol. The van der Waals surface area contributed by atoms with Crippen LogP contribution in [-0.2, 0) is 0 Å². The van der Waals surface area contributed by atoms with E-state index in [0.29, 0.717) is 17.0 Å². The van der Waals surface area contributed by atoms with Crippen molar-refractivity contribution in [1.82, 2.24) is 19.9 Å². The number of hydrogen-bond acceptors (Lipinski definition) is 6. The van der Waals surface area contributed by atoms with E-state index >= 15 is 0 Å². The van der Waals surface area contributed by atoms with E-state index in [2.05, 4.69) is 19.9 Å². The van der Waals surface area contributed by atoms with Gasteiger partial charge in [0.15, 0.2) is 17.0 Å². The number of nitrogens with zero attached hydrogens (tertiary/aromatic N) is 2. The van der Waals surface area contributed by atoms with Crippen LogP contribution in [0.5, 0.6) is 5.75 Å². The van der Waals surface area contributed by atoms with Gasteiger partial charge in [-0.2, -0.15) is 4.98 Å². The highest BCUT2D eigenvalue weighted by Gasteiger charge is 2.12. The summed E-state index contributed by atoms with van der Waals surface area (Å²) < 4.78 is 5.10. The fraction of sp³-hybridized carbons (Fsp3) is 0.100. The largest absolute Gasteiger partial charge is 0.496 e. The molecule has 3 heterocycles. The molecule has 0 saturated carbocycles. The molecule has 0 unspecified atom stereocenters. The molecule has 0 atom stereocenters. The van der Waals surface area contributed by atoms with E-state index in [4.69, 9.17) is 10.5 Å². The number of aromatic nitrogens is 4. The Morgan fingerprint density at radius 1 is 1.39 bits per heavy atom. The standard InChI is InChI=1S/C10H9N5O2S/c1-17-4-2-5(18-3-4)7-12-6-8(13-7)14-10(11)15-9(6)16/h2-3H,1H3,(H4,11,12,13,14,15,16). The summed E-state index contributed by atoms with van der Waals surface area (Å²) in [5, 5.41) is 1.86. The molecule has 0 aliphatic rings. The molecule has 0 fully saturated rings. The van der Waals surface area contributed by atoms with Crippen LogP contribution in [0.2, 0.25) is 0 Å². The molecule has 0 saturated heterocycles. The van der Waals surface area contributed by atoms with Crippen LogP contribution in [0.3, 0.4) is 0 Å². The normalized spacial score (nSPS) is 10.9. The number of fused-ring (bicyclic) bond motifs is 1. The van der Waals surface area contributed by atoms with Gasteiger partial charge >= 0.3 is 0 Å². The minimum atomic E-state index is -0.334. The molecule has 7 nitrogen and oxygen atoms in total. The second-order valence-corrected chi connectivity index (χ2v) is 4.50. The SMILES string of the molecule is COc1csc(-c2nc3nc(N)[nH]c(=O)c3[nH]2)c1. The van der Waals surface area contributed by atoms with Gasteiger partial charge in [-0.1, -0.05) is 0 Å². The molecule has 0 radical (unpaired) electrons. The molecule has 0 aromatic carbocycles. The smallest absolute Gasteiger partial charge is 0.278 e. The average molecular weight is 263 g/mol. The minimum absolute atomic E-state index is 0.0503. The van der Waals surface area contributed by atoms with Crippen LogP contribution in [0.4, 0.5) is 5.95 Å². The number of nitrogen functional groups attached to an aromatic ring is 1. The van der Waals surface area contributed by atoms with Gasteiger partial charge in [-0.25, -0.2) is 4.98 Å². The van der Waals surface area contributed by atoms with Gasteiger partial charge in [0.05, 0.1) is 12.0 Å². The predicted octanol–water partition coefficient (Wildman–Crippen LogP) is 0.965. The van der Waals surface area contributed by atoms with E-state index in [1.54, 1.807) is 7.11 Å². The first-order chi connectivity index (χ1) is 8.67. The monoisotopic (exact) mass is 263 g/mol. The third-order valence-corrected chi connectivity index (χ3v) is 3.34. The van der Waals surface area contributed by atoms with Crippen molar-refractivity contribution in [1.29, 1.82) is 0 Å². The molecule has 92 valence electrons. The summed E-state index contributed by atoms with van der Waals surface area (Å²) in [6.45, 7) is 0. The van der Waals surface area contributed by atoms with Gasteiger partial charge in [0.25, 0.3) is 5.56 Å². The Morgan fingerprint density at radius 2 is 2.22 bits per heavy atom. The zero-order chi connectivity index (χ0) is 12.7. The molecule has 0 amide bonds. The van der Waals surface area contributed by atoms with Gasteiger partial charge in [-0.05, 0) is 0 Å². The van der Waals surface area contributed by atoms with Crippen LogP contribution in [0, 0.1) is 0 Å². The lowest BCUT2D eigenvalue weighted by Gasteiger charge is -1.89. The van der Waals surface area contributed by atoms with Crippen LogP contribution < -0.4 is 16.0 Å². The maximum absolute atomic E-state index is 11.6. The van der Waals surface area contributed by atoms with Crippen LogP contribution >= 0.6 is 11.3 Å². The van der Waals surface area contributed by atoms with Crippen molar-refractivity contribution in [2.75, 3.05) is 12.8 Å². The van der Waals surface area contributed by atoms with Crippen LogP contribution in [0.1, 0.15) is 0 Å². The van der Waals surface area contributed by atoms with E-state index in [0.717, 1.165) is 10.6 Å². The first kappa shape index (κ1) is 10.8. The van der Waals surface area contributed by atoms with Gasteiger partial charge in [0.2, 0.25) is 5.95 Å². The minimum Gasteiger partial charge on any atom is -0.496 e. The van der Waals surface area contributed by atoms with E-state index in [-0.39, 0.29) is 11.5 Å². The number of aromatic amines is 2. The fourth-order valence-corrected chi connectivity index (χ4v) is 2.39. The third-order valence-electron chi connectivity index (χ3n) is 2.42. The quantitative estimate of drug-likeness (QED) is 0.638. The van der Waals surface area contributed by atoms with Crippen molar-refractivity contribution in [2.45, 2.75) is 0 Å². The number of ether oxygens (including phenoxy) is 1. The molecule has 3 aromatic heterocycles. The Balaban J connectivity index is 2.19. The Morgan fingerprint density at radius 3 is 2.94 bits per heavy atom. The first-order valence-corrected chi connectivity index (χ1v) is 5.94. The Hall–Kier alpha value is -2.35. The highest BCUT2D eigenvalue weighted by molar-refractivity contribution is 7.13. The van der Waals surface area contributed by atoms with E-state index in [1.807, 2.05) is 11.4 Å². The molecular formula is C10H9N5O2S. The van der Waals surface area contributed by atoms with Crippen LogP contribution in [0.25, 0.3) is 21.9 Å². The number of nitrogens with one attached hydrogen (secondary N) is 2. The first-order valence-electron chi connectivity index (χ1n) is 5.06. The Kier molecular flexibility index (Phi) is 2.30. The highest BCUT2D eigenvalue weighted by Crippen LogP contribution is 2.29. The molecule has 4 N–H and O–H groups in total. The molecule has 0 aliphatic heterocycles. The summed E-state index contributed by atoms with van der Waals surface area (Å²) in [5.41, 5.74) is 5.74. The number of anilines is 1. The van der Waals surface area contributed by atoms with Gasteiger partial charge in [0.1, 0.15) is 5.75 Å². The number of nitrogens with two attached hydrogens (primary N) is 1. The average Bonchev–Trinajstić information content (AvgIpc) is 2.93. The fourth-order valence-electron chi connectivity index (χ4n) is 1.59. The predicted molar refractivity (Wildman–Crippen MR) is 68.8 cm³/mol. The summed E-state index contributed by atoms with van der Waals surface area (Å²) in [6.07, 6.45) is 0. The lowest BCUT2D eigenvalue weighted by atomic mass is 10.4. The summed E-state index contributed by atoms with van der Waals surface area (Å²) in [6, 6.07) is 1.83. The van der Waals surface area contributed by atoms with Crippen LogP contribution in [-0.4, -0.2) is 27.0 Å². The van der Waals surface area contributed by atoms with Crippen molar-refractivity contribution >= 4 is 28.4 Å². The van der Waals surface area contributed by atoms with Gasteiger partial charge in [0, 0.05) is 11.4 Å². The van der Waals surface area contributed by atoms with Crippen molar-refractivity contribution in [3.8, 4) is 16.5 Å². The van der Waals surface area contributed by atoms with Gasteiger partial charge in [-0.15, -0.1) is 11.3 Å². The second-order valence-electron chi connectivity index (χ2n) is 3.59. The molecule has 3 rings (SSSR count). The molecule has 0 aliphatic carbocycles. The lowest BCUT2D eigenvalue weighted by Crippen LogP contribution is -2.10. The summed E-state index contributed by atoms with van der Waals surface area (Å²) in [5.74, 6) is 1.37. The molecule has 3 aromatic rings. The number of rotatable bonds is 2. The molecule has 0 bridgehead atoms. The topological polar surface area (TPSA) is 110 Å². The van der Waals surface area contributed by atoms with E-state index in [1.165, 1.54) is 11.3 Å². The van der Waals surface area contributed by atoms with E-state index in [9.17, 15) is 4.79 Å². The van der Waals surface area contributed by atoms with Gasteiger partial charge < -0.3 is 15.5 Å². The zero-order valence-corrected chi connectivity index (χ0v) is 10.2. The van der Waals surface area contributed by atoms with Crippen molar-refractivity contribution < 1.29 is 4.74 Å². The maximum Gasteiger partial charge on any atom is 0.278 e. The Labute approximate surface area is 105 Å². The van der Waals surface area contributed by atoms with Crippen molar-refractivity contribution in [3.63, 3.8) is 0 Å². The highest BCUT2D eigenvalue weighted by atomic mass is 32.1. The summed E-state index contributed by atoms with van der Waals surface area (Å²) >= 11 is 1.46. The van der Waals surface area contributed by atoms with Gasteiger partial charge in [-0.3, -0.25) is 9.78 Å². The number of H-pyrrole nitrogens is 2. The molecule has 8 heteroatoms. The zero-order valence-electron chi connectivity index (χ0n) is 9.35. The van der Waals surface area contributed by atoms with Crippen molar-refractivity contribution in [3.05, 3.63) is 21.8 Å².